The van der Waals surface area contributed by atoms with Gasteiger partial charge < -0.3 is 9.88 Å². The lowest BCUT2D eigenvalue weighted by Gasteiger charge is -2.26. The van der Waals surface area contributed by atoms with Crippen molar-refractivity contribution in [3.05, 3.63) is 18.2 Å². The molecule has 0 saturated carbocycles. The summed E-state index contributed by atoms with van der Waals surface area (Å²) in [5.41, 5.74) is 0. The van der Waals surface area contributed by atoms with Crippen LogP contribution in [-0.4, -0.2) is 47.7 Å². The molecule has 1 aromatic heterocycles. The number of rotatable bonds is 7. The molecule has 0 radical (unpaired) electrons. The van der Waals surface area contributed by atoms with Crippen LogP contribution in [0.3, 0.4) is 0 Å². The minimum atomic E-state index is -3.14. The summed E-state index contributed by atoms with van der Waals surface area (Å²) in [6.45, 7) is 5.53. The summed E-state index contributed by atoms with van der Waals surface area (Å²) >= 11 is 0. The molecule has 2 rings (SSSR count). The molecular formula is C12H22N4O2S. The van der Waals surface area contributed by atoms with Crippen molar-refractivity contribution in [3.8, 4) is 0 Å². The second-order valence-corrected chi connectivity index (χ2v) is 6.84. The molecule has 1 aliphatic heterocycles. The Morgan fingerprint density at radius 2 is 2.21 bits per heavy atom. The topological polar surface area (TPSA) is 67.2 Å². The van der Waals surface area contributed by atoms with Crippen LogP contribution in [0.1, 0.15) is 25.6 Å². The van der Waals surface area contributed by atoms with E-state index in [1.807, 2.05) is 17.7 Å². The first-order chi connectivity index (χ1) is 9.13. The van der Waals surface area contributed by atoms with Crippen LogP contribution in [0.4, 0.5) is 0 Å². The van der Waals surface area contributed by atoms with E-state index < -0.39 is 10.0 Å². The molecule has 0 bridgehead atoms. The van der Waals surface area contributed by atoms with E-state index in [0.717, 1.165) is 25.3 Å². The number of fused-ring (bicyclic) bond motifs is 1. The number of nitrogens with one attached hydrogen (secondary N) is 1. The zero-order valence-corrected chi connectivity index (χ0v) is 12.2. The molecule has 0 amide bonds. The number of imidazole rings is 1. The predicted octanol–water partition coefficient (Wildman–Crippen LogP) is 0.418. The molecule has 0 unspecified atom stereocenters. The van der Waals surface area contributed by atoms with Crippen LogP contribution in [-0.2, 0) is 23.1 Å². The first kappa shape index (κ1) is 14.5. The van der Waals surface area contributed by atoms with Gasteiger partial charge in [0, 0.05) is 25.5 Å². The van der Waals surface area contributed by atoms with Crippen molar-refractivity contribution < 1.29 is 8.42 Å². The maximum absolute atomic E-state index is 12.2. The molecule has 0 spiro atoms. The Balaban J connectivity index is 1.84. The Kier molecular flexibility index (Phi) is 4.95. The van der Waals surface area contributed by atoms with Gasteiger partial charge in [-0.2, -0.15) is 4.31 Å². The van der Waals surface area contributed by atoms with Gasteiger partial charge in [0.1, 0.15) is 5.82 Å². The van der Waals surface area contributed by atoms with Crippen LogP contribution >= 0.6 is 0 Å². The Bertz CT molecular complexity index is 498. The zero-order valence-electron chi connectivity index (χ0n) is 11.4. The Hall–Kier alpha value is -0.920. The highest BCUT2D eigenvalue weighted by atomic mass is 32.2. The summed E-state index contributed by atoms with van der Waals surface area (Å²) in [4.78, 5) is 4.19. The van der Waals surface area contributed by atoms with Gasteiger partial charge in [0.15, 0.2) is 0 Å². The van der Waals surface area contributed by atoms with Crippen LogP contribution in [0, 0.1) is 0 Å². The highest BCUT2D eigenvalue weighted by Gasteiger charge is 2.26. The van der Waals surface area contributed by atoms with E-state index in [9.17, 15) is 8.42 Å². The molecule has 0 aliphatic carbocycles. The van der Waals surface area contributed by atoms with Gasteiger partial charge in [-0.15, -0.1) is 0 Å². The number of hydrogen-bond acceptors (Lipinski definition) is 4. The lowest BCUT2D eigenvalue weighted by Crippen LogP contribution is -2.39. The van der Waals surface area contributed by atoms with E-state index in [-0.39, 0.29) is 5.75 Å². The van der Waals surface area contributed by atoms with Gasteiger partial charge >= 0.3 is 0 Å². The summed E-state index contributed by atoms with van der Waals surface area (Å²) < 4.78 is 28.0. The molecule has 0 atom stereocenters. The second-order valence-electron chi connectivity index (χ2n) is 4.75. The van der Waals surface area contributed by atoms with Crippen LogP contribution in [0.2, 0.25) is 0 Å². The zero-order chi connectivity index (χ0) is 13.7. The standard InChI is InChI=1S/C12H22N4O2S/c1-2-13-5-3-4-10-19(17,18)16-9-8-15-7-6-14-12(15)11-16/h6-7,13H,2-5,8-11H2,1H3. The lowest BCUT2D eigenvalue weighted by atomic mass is 10.3. The summed E-state index contributed by atoms with van der Waals surface area (Å²) in [7, 11) is -3.14. The summed E-state index contributed by atoms with van der Waals surface area (Å²) in [6, 6.07) is 0. The highest BCUT2D eigenvalue weighted by Crippen LogP contribution is 2.15. The quantitative estimate of drug-likeness (QED) is 0.738. The summed E-state index contributed by atoms with van der Waals surface area (Å²) in [6.07, 6.45) is 5.23. The van der Waals surface area contributed by atoms with Crippen LogP contribution in [0.25, 0.3) is 0 Å². The number of hydrogen-bond donors (Lipinski definition) is 1. The first-order valence-corrected chi connectivity index (χ1v) is 8.43. The molecule has 0 aromatic carbocycles. The van der Waals surface area contributed by atoms with E-state index in [4.69, 9.17) is 0 Å². The molecule has 0 saturated heterocycles. The van der Waals surface area contributed by atoms with Crippen molar-refractivity contribution in [1.29, 1.82) is 0 Å². The van der Waals surface area contributed by atoms with Crippen molar-refractivity contribution in [3.63, 3.8) is 0 Å². The Morgan fingerprint density at radius 3 is 3.00 bits per heavy atom. The Labute approximate surface area is 114 Å². The third-order valence-corrected chi connectivity index (χ3v) is 5.26. The molecule has 0 fully saturated rings. The summed E-state index contributed by atoms with van der Waals surface area (Å²) in [5, 5.41) is 3.20. The van der Waals surface area contributed by atoms with Crippen molar-refractivity contribution >= 4 is 10.0 Å². The van der Waals surface area contributed by atoms with Gasteiger partial charge in [0.25, 0.3) is 0 Å². The average molecular weight is 286 g/mol. The second kappa shape index (κ2) is 6.49. The van der Waals surface area contributed by atoms with Gasteiger partial charge in [-0.1, -0.05) is 6.92 Å². The largest absolute Gasteiger partial charge is 0.333 e. The molecule has 1 N–H and O–H groups in total. The normalized spacial score (nSPS) is 16.5. The number of nitrogens with zero attached hydrogens (tertiary/aromatic N) is 3. The van der Waals surface area contributed by atoms with E-state index in [1.165, 1.54) is 0 Å². The van der Waals surface area contributed by atoms with Crippen molar-refractivity contribution in [2.75, 3.05) is 25.4 Å². The summed E-state index contributed by atoms with van der Waals surface area (Å²) in [5.74, 6) is 1.07. The van der Waals surface area contributed by atoms with Crippen LogP contribution < -0.4 is 5.32 Å². The highest BCUT2D eigenvalue weighted by molar-refractivity contribution is 7.89. The molecule has 108 valence electrons. The predicted molar refractivity (Wildman–Crippen MR) is 74.2 cm³/mol. The fourth-order valence-electron chi connectivity index (χ4n) is 2.23. The smallest absolute Gasteiger partial charge is 0.214 e. The molecule has 1 aromatic rings. The molecule has 19 heavy (non-hydrogen) atoms. The Morgan fingerprint density at radius 1 is 1.37 bits per heavy atom. The SMILES string of the molecule is CCNCCCCS(=O)(=O)N1CCn2ccnc2C1. The van der Waals surface area contributed by atoms with Gasteiger partial charge in [0.2, 0.25) is 10.0 Å². The molecule has 1 aliphatic rings. The fraction of sp³-hybridized carbons (Fsp3) is 0.750. The van der Waals surface area contributed by atoms with Gasteiger partial charge in [-0.3, -0.25) is 0 Å². The number of sulfonamides is 1. The minimum absolute atomic E-state index is 0.235. The lowest BCUT2D eigenvalue weighted by molar-refractivity contribution is 0.335. The molecule has 7 heteroatoms. The fourth-order valence-corrected chi connectivity index (χ4v) is 3.73. The molecule has 2 heterocycles. The maximum atomic E-state index is 12.2. The van der Waals surface area contributed by atoms with E-state index >= 15 is 0 Å². The van der Waals surface area contributed by atoms with Gasteiger partial charge in [0.05, 0.1) is 12.3 Å². The van der Waals surface area contributed by atoms with Crippen molar-refractivity contribution in [2.24, 2.45) is 0 Å². The van der Waals surface area contributed by atoms with Crippen molar-refractivity contribution in [1.82, 2.24) is 19.2 Å². The van der Waals surface area contributed by atoms with E-state index in [2.05, 4.69) is 10.3 Å². The van der Waals surface area contributed by atoms with Crippen LogP contribution in [0.5, 0.6) is 0 Å². The third kappa shape index (κ3) is 3.77. The monoisotopic (exact) mass is 286 g/mol. The average Bonchev–Trinajstić information content (AvgIpc) is 2.85. The molecular weight excluding hydrogens is 264 g/mol. The first-order valence-electron chi connectivity index (χ1n) is 6.82. The third-order valence-electron chi connectivity index (χ3n) is 3.36. The number of unbranched alkanes of at least 4 members (excludes halogenated alkanes) is 1. The van der Waals surface area contributed by atoms with Gasteiger partial charge in [-0.05, 0) is 25.9 Å². The maximum Gasteiger partial charge on any atom is 0.214 e. The van der Waals surface area contributed by atoms with Crippen molar-refractivity contribution in [2.45, 2.75) is 32.9 Å². The van der Waals surface area contributed by atoms with Crippen LogP contribution in [0.15, 0.2) is 12.4 Å². The number of aromatic nitrogens is 2. The van der Waals surface area contributed by atoms with E-state index in [0.29, 0.717) is 26.1 Å². The molecule has 6 nitrogen and oxygen atoms in total. The van der Waals surface area contributed by atoms with E-state index in [1.54, 1.807) is 10.5 Å². The van der Waals surface area contributed by atoms with Gasteiger partial charge in [-0.25, -0.2) is 13.4 Å². The minimum Gasteiger partial charge on any atom is -0.333 e.